The highest BCUT2D eigenvalue weighted by atomic mass is 16.5. The molecule has 7 nitrogen and oxygen atoms in total. The third kappa shape index (κ3) is 4.51. The van der Waals surface area contributed by atoms with Crippen molar-refractivity contribution in [1.82, 2.24) is 19.8 Å². The number of likely N-dealkylation sites (N-methyl/N-ethyl adjacent to an activating group) is 1. The molecular formula is C18H26N4O3. The summed E-state index contributed by atoms with van der Waals surface area (Å²) in [5.41, 5.74) is 2.23. The van der Waals surface area contributed by atoms with Crippen LogP contribution >= 0.6 is 0 Å². The Bertz CT molecular complexity index is 690. The molecule has 2 aromatic rings. The fourth-order valence-electron chi connectivity index (χ4n) is 2.52. The molecule has 0 bridgehead atoms. The number of carbonyl (C=O) groups excluding carboxylic acids is 1. The Labute approximate surface area is 148 Å². The van der Waals surface area contributed by atoms with Crippen molar-refractivity contribution < 1.29 is 14.3 Å². The second-order valence-corrected chi connectivity index (χ2v) is 6.04. The maximum absolute atomic E-state index is 13.3. The van der Waals surface area contributed by atoms with Gasteiger partial charge in [-0.3, -0.25) is 4.79 Å². The molecular weight excluding hydrogens is 320 g/mol. The molecule has 0 atom stereocenters. The van der Waals surface area contributed by atoms with Crippen molar-refractivity contribution in [3.05, 3.63) is 41.5 Å². The normalized spacial score (nSPS) is 10.8. The molecule has 1 aromatic heterocycles. The van der Waals surface area contributed by atoms with E-state index in [-0.39, 0.29) is 5.91 Å². The summed E-state index contributed by atoms with van der Waals surface area (Å²) in [5, 5.41) is 0. The van der Waals surface area contributed by atoms with E-state index in [0.29, 0.717) is 30.2 Å². The Morgan fingerprint density at radius 2 is 1.80 bits per heavy atom. The van der Waals surface area contributed by atoms with E-state index < -0.39 is 0 Å². The average molecular weight is 346 g/mol. The molecule has 1 aromatic carbocycles. The summed E-state index contributed by atoms with van der Waals surface area (Å²) in [5.74, 6) is 0.856. The lowest BCUT2D eigenvalue weighted by atomic mass is 10.1. The molecule has 0 aliphatic heterocycles. The van der Waals surface area contributed by atoms with Crippen LogP contribution < -0.4 is 9.47 Å². The van der Waals surface area contributed by atoms with Gasteiger partial charge in [0, 0.05) is 18.8 Å². The van der Waals surface area contributed by atoms with E-state index in [4.69, 9.17) is 9.47 Å². The monoisotopic (exact) mass is 346 g/mol. The van der Waals surface area contributed by atoms with E-state index in [0.717, 1.165) is 17.9 Å². The van der Waals surface area contributed by atoms with E-state index >= 15 is 0 Å². The van der Waals surface area contributed by atoms with Gasteiger partial charge in [-0.2, -0.15) is 0 Å². The third-order valence-electron chi connectivity index (χ3n) is 4.02. The summed E-state index contributed by atoms with van der Waals surface area (Å²) in [6, 6.07) is 5.33. The molecule has 0 fully saturated rings. The number of rotatable bonds is 8. The zero-order valence-corrected chi connectivity index (χ0v) is 15.5. The van der Waals surface area contributed by atoms with E-state index in [2.05, 4.69) is 9.97 Å². The van der Waals surface area contributed by atoms with Crippen LogP contribution in [0.3, 0.4) is 0 Å². The Balaban J connectivity index is 2.36. The summed E-state index contributed by atoms with van der Waals surface area (Å²) in [7, 11) is 7.05. The molecule has 7 heteroatoms. The van der Waals surface area contributed by atoms with Crippen molar-refractivity contribution in [3.63, 3.8) is 0 Å². The van der Waals surface area contributed by atoms with Crippen LogP contribution in [0.2, 0.25) is 0 Å². The second kappa shape index (κ2) is 8.53. The van der Waals surface area contributed by atoms with Crippen LogP contribution in [0.5, 0.6) is 11.5 Å². The number of methoxy groups -OCH3 is 2. The van der Waals surface area contributed by atoms with Crippen LogP contribution in [-0.2, 0) is 6.54 Å². The predicted octanol–water partition coefficient (Wildman–Crippen LogP) is 1.94. The molecule has 25 heavy (non-hydrogen) atoms. The average Bonchev–Trinajstić information content (AvgIpc) is 3.01. The molecule has 1 N–H and O–H groups in total. The van der Waals surface area contributed by atoms with E-state index in [1.165, 1.54) is 0 Å². The van der Waals surface area contributed by atoms with Gasteiger partial charge in [0.2, 0.25) is 0 Å². The highest BCUT2D eigenvalue weighted by Crippen LogP contribution is 2.30. The quantitative estimate of drug-likeness (QED) is 0.791. The third-order valence-corrected chi connectivity index (χ3v) is 4.02. The van der Waals surface area contributed by atoms with Crippen molar-refractivity contribution in [2.24, 2.45) is 0 Å². The van der Waals surface area contributed by atoms with Crippen LogP contribution in [0.1, 0.15) is 21.7 Å². The van der Waals surface area contributed by atoms with Crippen LogP contribution in [-0.4, -0.2) is 67.1 Å². The van der Waals surface area contributed by atoms with Crippen molar-refractivity contribution in [2.75, 3.05) is 41.4 Å². The van der Waals surface area contributed by atoms with Gasteiger partial charge in [-0.25, -0.2) is 4.98 Å². The standard InChI is InChI=1S/C18H26N4O3/c1-13-14(20-12-19-13)11-22(10-9-21(2)3)18(23)17-15(24-4)7-6-8-16(17)25-5/h6-8,12H,9-11H2,1-5H3,(H,19,20). The molecule has 0 aliphatic rings. The highest BCUT2D eigenvalue weighted by molar-refractivity contribution is 5.99. The van der Waals surface area contributed by atoms with Crippen molar-refractivity contribution in [3.8, 4) is 11.5 Å². The molecule has 0 saturated carbocycles. The number of hydrogen-bond donors (Lipinski definition) is 1. The number of aromatic amines is 1. The number of nitrogens with one attached hydrogen (secondary N) is 1. The zero-order valence-electron chi connectivity index (χ0n) is 15.5. The summed E-state index contributed by atoms with van der Waals surface area (Å²) >= 11 is 0. The summed E-state index contributed by atoms with van der Waals surface area (Å²) in [6.45, 7) is 3.68. The fourth-order valence-corrected chi connectivity index (χ4v) is 2.52. The molecule has 0 aliphatic carbocycles. The first-order chi connectivity index (χ1) is 12.0. The lowest BCUT2D eigenvalue weighted by Gasteiger charge is -2.25. The number of carbonyl (C=O) groups is 1. The Kier molecular flexibility index (Phi) is 6.41. The fraction of sp³-hybridized carbons (Fsp3) is 0.444. The van der Waals surface area contributed by atoms with Gasteiger partial charge in [-0.05, 0) is 33.2 Å². The van der Waals surface area contributed by atoms with Gasteiger partial charge in [0.05, 0.1) is 32.8 Å². The van der Waals surface area contributed by atoms with Gasteiger partial charge < -0.3 is 24.3 Å². The van der Waals surface area contributed by atoms with Crippen molar-refractivity contribution >= 4 is 5.91 Å². The van der Waals surface area contributed by atoms with Crippen LogP contribution in [0.15, 0.2) is 24.5 Å². The predicted molar refractivity (Wildman–Crippen MR) is 96.2 cm³/mol. The number of nitrogens with zero attached hydrogens (tertiary/aromatic N) is 3. The van der Waals surface area contributed by atoms with Gasteiger partial charge in [-0.15, -0.1) is 0 Å². The van der Waals surface area contributed by atoms with Gasteiger partial charge in [-0.1, -0.05) is 6.07 Å². The van der Waals surface area contributed by atoms with Crippen molar-refractivity contribution in [1.29, 1.82) is 0 Å². The van der Waals surface area contributed by atoms with Crippen LogP contribution in [0.4, 0.5) is 0 Å². The minimum atomic E-state index is -0.140. The number of ether oxygens (including phenoxy) is 2. The van der Waals surface area contributed by atoms with E-state index in [9.17, 15) is 4.79 Å². The lowest BCUT2D eigenvalue weighted by molar-refractivity contribution is 0.0723. The summed E-state index contributed by atoms with van der Waals surface area (Å²) < 4.78 is 10.8. The summed E-state index contributed by atoms with van der Waals surface area (Å²) in [4.78, 5) is 24.4. The molecule has 136 valence electrons. The number of benzene rings is 1. The first-order valence-corrected chi connectivity index (χ1v) is 8.11. The number of aromatic nitrogens is 2. The number of hydrogen-bond acceptors (Lipinski definition) is 5. The topological polar surface area (TPSA) is 70.7 Å². The molecule has 1 heterocycles. The zero-order chi connectivity index (χ0) is 18.4. The van der Waals surface area contributed by atoms with Gasteiger partial charge in [0.15, 0.2) is 0 Å². The van der Waals surface area contributed by atoms with Gasteiger partial charge in [0.25, 0.3) is 5.91 Å². The first-order valence-electron chi connectivity index (χ1n) is 8.11. The molecule has 0 spiro atoms. The minimum absolute atomic E-state index is 0.140. The maximum atomic E-state index is 13.3. The number of imidazole rings is 1. The number of aryl methyl sites for hydroxylation is 1. The van der Waals surface area contributed by atoms with Crippen LogP contribution in [0, 0.1) is 6.92 Å². The molecule has 0 saturated heterocycles. The molecule has 0 radical (unpaired) electrons. The first kappa shape index (κ1) is 18.8. The van der Waals surface area contributed by atoms with Gasteiger partial charge in [0.1, 0.15) is 17.1 Å². The molecule has 0 unspecified atom stereocenters. The van der Waals surface area contributed by atoms with E-state index in [1.54, 1.807) is 43.6 Å². The Morgan fingerprint density at radius 1 is 1.16 bits per heavy atom. The molecule has 2 rings (SSSR count). The maximum Gasteiger partial charge on any atom is 0.261 e. The van der Waals surface area contributed by atoms with Crippen LogP contribution in [0.25, 0.3) is 0 Å². The minimum Gasteiger partial charge on any atom is -0.496 e. The van der Waals surface area contributed by atoms with E-state index in [1.807, 2.05) is 25.9 Å². The summed E-state index contributed by atoms with van der Waals surface area (Å²) in [6.07, 6.45) is 1.64. The largest absolute Gasteiger partial charge is 0.496 e. The smallest absolute Gasteiger partial charge is 0.261 e. The second-order valence-electron chi connectivity index (χ2n) is 6.04. The van der Waals surface area contributed by atoms with Crippen molar-refractivity contribution in [2.45, 2.75) is 13.5 Å². The Morgan fingerprint density at radius 3 is 2.28 bits per heavy atom. The number of H-pyrrole nitrogens is 1. The lowest BCUT2D eigenvalue weighted by Crippen LogP contribution is -2.37. The molecule has 1 amide bonds. The number of amides is 1. The van der Waals surface area contributed by atoms with Gasteiger partial charge >= 0.3 is 0 Å². The SMILES string of the molecule is COc1cccc(OC)c1C(=O)N(CCN(C)C)Cc1nc[nH]c1C. The highest BCUT2D eigenvalue weighted by Gasteiger charge is 2.25. The Hall–Kier alpha value is -2.54.